The number of aliphatic imine (C=N–C) groups is 1. The van der Waals surface area contributed by atoms with Crippen LogP contribution in [0.1, 0.15) is 43.7 Å². The lowest BCUT2D eigenvalue weighted by atomic mass is 9.93. The minimum absolute atomic E-state index is 0.0720. The molecule has 4 amide bonds. The van der Waals surface area contributed by atoms with Crippen LogP contribution >= 0.6 is 0 Å². The van der Waals surface area contributed by atoms with Crippen LogP contribution in [0.4, 0.5) is 4.79 Å². The molecule has 1 atom stereocenters. The molecule has 8 heteroatoms. The number of imidazole rings is 1. The number of likely N-dealkylation sites (tertiary alicyclic amines) is 1. The monoisotopic (exact) mass is 437 g/mol. The maximum atomic E-state index is 12.7. The fourth-order valence-electron chi connectivity index (χ4n) is 4.67. The number of amides is 4. The molecule has 170 valence electrons. The first-order chi connectivity index (χ1) is 15.2. The molecule has 32 heavy (non-hydrogen) atoms. The second-order valence-electron chi connectivity index (χ2n) is 9.17. The number of imide groups is 1. The normalized spacial score (nSPS) is 20.2. The van der Waals surface area contributed by atoms with Crippen molar-refractivity contribution in [1.29, 1.82) is 0 Å². The van der Waals surface area contributed by atoms with Gasteiger partial charge in [0.05, 0.1) is 23.3 Å². The van der Waals surface area contributed by atoms with Gasteiger partial charge in [-0.2, -0.15) is 0 Å². The smallest absolute Gasteiger partial charge is 0.343 e. The summed E-state index contributed by atoms with van der Waals surface area (Å²) in [6.07, 6.45) is 4.52. The van der Waals surface area contributed by atoms with Gasteiger partial charge in [-0.15, -0.1) is 0 Å². The van der Waals surface area contributed by atoms with Crippen molar-refractivity contribution in [1.82, 2.24) is 19.4 Å². The summed E-state index contributed by atoms with van der Waals surface area (Å²) in [4.78, 5) is 48.1. The third-order valence-electron chi connectivity index (χ3n) is 7.00. The topological polar surface area (TPSA) is 87.9 Å². The number of nitrogens with zero attached hydrogens (tertiary/aromatic N) is 5. The van der Waals surface area contributed by atoms with Crippen molar-refractivity contribution in [2.75, 3.05) is 20.1 Å². The highest BCUT2D eigenvalue weighted by Gasteiger charge is 2.34. The van der Waals surface area contributed by atoms with Gasteiger partial charge in [-0.25, -0.2) is 14.8 Å². The zero-order valence-electron chi connectivity index (χ0n) is 19.3. The third-order valence-corrected chi connectivity index (χ3v) is 7.00. The van der Waals surface area contributed by atoms with E-state index < -0.39 is 11.9 Å². The Morgan fingerprint density at radius 2 is 1.78 bits per heavy atom. The highest BCUT2D eigenvalue weighted by molar-refractivity contribution is 6.15. The summed E-state index contributed by atoms with van der Waals surface area (Å²) in [6.45, 7) is 8.30. The number of aromatic nitrogens is 2. The fraction of sp³-hybridized carbons (Fsp3) is 0.542. The van der Waals surface area contributed by atoms with Crippen LogP contribution in [0.15, 0.2) is 23.5 Å². The predicted octanol–water partition coefficient (Wildman–Crippen LogP) is 3.34. The fourth-order valence-corrected chi connectivity index (χ4v) is 4.67. The van der Waals surface area contributed by atoms with Crippen LogP contribution in [-0.4, -0.2) is 63.0 Å². The molecule has 3 heterocycles. The van der Waals surface area contributed by atoms with Gasteiger partial charge < -0.3 is 9.47 Å². The lowest BCUT2D eigenvalue weighted by molar-refractivity contribution is -0.133. The quantitative estimate of drug-likeness (QED) is 0.718. The van der Waals surface area contributed by atoms with E-state index in [-0.39, 0.29) is 11.8 Å². The average Bonchev–Trinajstić information content (AvgIpc) is 3.14. The molecule has 1 unspecified atom stereocenters. The molecule has 0 saturated carbocycles. The lowest BCUT2D eigenvalue weighted by Crippen LogP contribution is -2.44. The Kier molecular flexibility index (Phi) is 6.13. The third kappa shape index (κ3) is 4.31. The summed E-state index contributed by atoms with van der Waals surface area (Å²) < 4.78 is 2.23. The van der Waals surface area contributed by atoms with Crippen molar-refractivity contribution in [3.63, 3.8) is 0 Å². The Hall–Kier alpha value is -3.03. The van der Waals surface area contributed by atoms with Gasteiger partial charge in [-0.05, 0) is 69.2 Å². The van der Waals surface area contributed by atoms with Crippen molar-refractivity contribution < 1.29 is 14.4 Å². The Bertz CT molecular complexity index is 1090. The number of benzene rings is 1. The molecule has 2 aliphatic rings. The van der Waals surface area contributed by atoms with Crippen LogP contribution in [0.2, 0.25) is 0 Å². The van der Waals surface area contributed by atoms with Gasteiger partial charge in [0, 0.05) is 38.8 Å². The number of piperidine rings is 1. The summed E-state index contributed by atoms with van der Waals surface area (Å²) in [6, 6.07) is 3.81. The largest absolute Gasteiger partial charge is 0.349 e. The highest BCUT2D eigenvalue weighted by Crippen LogP contribution is 2.25. The summed E-state index contributed by atoms with van der Waals surface area (Å²) in [5.74, 6) is -0.178. The molecule has 0 radical (unpaired) electrons. The molecule has 0 N–H and O–H groups in total. The molecular weight excluding hydrogens is 406 g/mol. The van der Waals surface area contributed by atoms with E-state index in [1.54, 1.807) is 6.92 Å². The van der Waals surface area contributed by atoms with Crippen LogP contribution in [0, 0.1) is 25.7 Å². The van der Waals surface area contributed by atoms with Gasteiger partial charge in [0.15, 0.2) is 0 Å². The van der Waals surface area contributed by atoms with Gasteiger partial charge in [0.1, 0.15) is 0 Å². The molecule has 2 aromatic rings. The van der Waals surface area contributed by atoms with Crippen molar-refractivity contribution in [3.05, 3.63) is 29.6 Å². The van der Waals surface area contributed by atoms with Crippen molar-refractivity contribution >= 4 is 34.6 Å². The van der Waals surface area contributed by atoms with Crippen LogP contribution in [0.3, 0.4) is 0 Å². The van der Waals surface area contributed by atoms with Crippen LogP contribution < -0.4 is 0 Å². The number of carbonyl (C=O) groups excluding carboxylic acids is 3. The first-order valence-corrected chi connectivity index (χ1v) is 11.3. The van der Waals surface area contributed by atoms with E-state index in [2.05, 4.69) is 40.5 Å². The highest BCUT2D eigenvalue weighted by atomic mass is 16.2. The molecule has 8 nitrogen and oxygen atoms in total. The lowest BCUT2D eigenvalue weighted by Gasteiger charge is -2.33. The minimum atomic E-state index is -0.534. The molecule has 1 aromatic heterocycles. The second kappa shape index (κ2) is 8.84. The van der Waals surface area contributed by atoms with Crippen molar-refractivity contribution in [2.45, 2.75) is 53.0 Å². The molecule has 1 aromatic carbocycles. The Balaban J connectivity index is 1.30. The minimum Gasteiger partial charge on any atom is -0.343 e. The molecule has 1 fully saturated rings. The number of hydrogen-bond acceptors (Lipinski definition) is 4. The predicted molar refractivity (Wildman–Crippen MR) is 123 cm³/mol. The molecule has 0 spiro atoms. The van der Waals surface area contributed by atoms with Crippen molar-refractivity contribution in [3.8, 4) is 0 Å². The summed E-state index contributed by atoms with van der Waals surface area (Å²) in [5.41, 5.74) is 5.23. The Morgan fingerprint density at radius 3 is 2.50 bits per heavy atom. The Labute approximate surface area is 188 Å². The number of hydrogen-bond donors (Lipinski definition) is 0. The SMILES string of the molecule is CC1=NC(=O)N(C)C(=O)C1CCC(=O)N1CCC(Cn2cnc3cc(C)c(C)cc32)CC1. The van der Waals surface area contributed by atoms with E-state index in [9.17, 15) is 14.4 Å². The molecule has 4 rings (SSSR count). The van der Waals surface area contributed by atoms with Gasteiger partial charge in [-0.3, -0.25) is 14.5 Å². The van der Waals surface area contributed by atoms with E-state index in [4.69, 9.17) is 0 Å². The summed E-state index contributed by atoms with van der Waals surface area (Å²) >= 11 is 0. The van der Waals surface area contributed by atoms with Crippen LogP contribution in [0.25, 0.3) is 11.0 Å². The second-order valence-corrected chi connectivity index (χ2v) is 9.17. The van der Waals surface area contributed by atoms with E-state index >= 15 is 0 Å². The maximum absolute atomic E-state index is 12.7. The van der Waals surface area contributed by atoms with E-state index in [0.717, 1.165) is 42.9 Å². The first kappa shape index (κ1) is 22.2. The summed E-state index contributed by atoms with van der Waals surface area (Å²) in [5, 5.41) is 0. The van der Waals surface area contributed by atoms with E-state index in [0.29, 0.717) is 24.5 Å². The van der Waals surface area contributed by atoms with Gasteiger partial charge >= 0.3 is 6.03 Å². The zero-order valence-corrected chi connectivity index (χ0v) is 19.3. The molecule has 2 aliphatic heterocycles. The number of rotatable bonds is 5. The number of aryl methyl sites for hydroxylation is 2. The van der Waals surface area contributed by atoms with Crippen molar-refractivity contribution in [2.24, 2.45) is 16.8 Å². The van der Waals surface area contributed by atoms with Gasteiger partial charge in [0.2, 0.25) is 11.8 Å². The molecular formula is C24H31N5O3. The number of urea groups is 1. The maximum Gasteiger partial charge on any atom is 0.349 e. The van der Waals surface area contributed by atoms with Gasteiger partial charge in [0.25, 0.3) is 0 Å². The average molecular weight is 438 g/mol. The summed E-state index contributed by atoms with van der Waals surface area (Å²) in [7, 11) is 1.44. The molecule has 0 bridgehead atoms. The van der Waals surface area contributed by atoms with Crippen LogP contribution in [-0.2, 0) is 16.1 Å². The molecule has 1 saturated heterocycles. The van der Waals surface area contributed by atoms with Gasteiger partial charge in [-0.1, -0.05) is 0 Å². The van der Waals surface area contributed by atoms with E-state index in [1.165, 1.54) is 23.7 Å². The number of carbonyl (C=O) groups is 3. The molecule has 0 aliphatic carbocycles. The van der Waals surface area contributed by atoms with Crippen LogP contribution in [0.5, 0.6) is 0 Å². The first-order valence-electron chi connectivity index (χ1n) is 11.3. The zero-order chi connectivity index (χ0) is 23.0. The van der Waals surface area contributed by atoms with E-state index in [1.807, 2.05) is 11.2 Å². The Morgan fingerprint density at radius 1 is 1.09 bits per heavy atom. The number of fused-ring (bicyclic) bond motifs is 1. The standard InChI is InChI=1S/C24H31N5O3/c1-15-11-20-21(12-16(15)2)29(14-25-20)13-18-7-9-28(10-8-18)22(30)6-5-19-17(3)26-24(32)27(4)23(19)31/h11-12,14,18-19H,5-10,13H2,1-4H3.